The van der Waals surface area contributed by atoms with Crippen LogP contribution in [0.15, 0.2) is 24.3 Å². The molecular formula is C13H19NO2. The Balaban J connectivity index is 2.28. The van der Waals surface area contributed by atoms with E-state index in [-0.39, 0.29) is 12.1 Å². The molecule has 3 nitrogen and oxygen atoms in total. The second kappa shape index (κ2) is 4.17. The zero-order valence-electron chi connectivity index (χ0n) is 10.1. The first-order valence-electron chi connectivity index (χ1n) is 5.66. The summed E-state index contributed by atoms with van der Waals surface area (Å²) >= 11 is 0. The van der Waals surface area contributed by atoms with Crippen LogP contribution < -0.4 is 5.73 Å². The van der Waals surface area contributed by atoms with E-state index in [1.165, 1.54) is 0 Å². The normalized spacial score (nSPS) is 25.6. The van der Waals surface area contributed by atoms with E-state index in [4.69, 9.17) is 15.2 Å². The first-order chi connectivity index (χ1) is 7.49. The summed E-state index contributed by atoms with van der Waals surface area (Å²) in [5, 5.41) is 0. The number of ether oxygens (including phenoxy) is 2. The van der Waals surface area contributed by atoms with Crippen LogP contribution in [0.2, 0.25) is 0 Å². The van der Waals surface area contributed by atoms with Crippen molar-refractivity contribution in [1.29, 1.82) is 0 Å². The Morgan fingerprint density at radius 1 is 1.38 bits per heavy atom. The van der Waals surface area contributed by atoms with Gasteiger partial charge in [-0.25, -0.2) is 0 Å². The van der Waals surface area contributed by atoms with Crippen molar-refractivity contribution in [3.63, 3.8) is 0 Å². The van der Waals surface area contributed by atoms with E-state index < -0.39 is 5.79 Å². The standard InChI is InChI=1S/C13H19NO2/c1-9(14)10-6-4-5-7-11(10)12-8-15-13(2,3)16-12/h4-7,9,12H,8,14H2,1-3H3/t9-,12-/m0/s1. The van der Waals surface area contributed by atoms with Crippen LogP contribution >= 0.6 is 0 Å². The highest BCUT2D eigenvalue weighted by Crippen LogP contribution is 2.35. The quantitative estimate of drug-likeness (QED) is 0.834. The van der Waals surface area contributed by atoms with Crippen molar-refractivity contribution >= 4 is 0 Å². The molecule has 0 spiro atoms. The van der Waals surface area contributed by atoms with Gasteiger partial charge < -0.3 is 15.2 Å². The molecule has 1 aromatic rings. The molecule has 0 amide bonds. The summed E-state index contributed by atoms with van der Waals surface area (Å²) in [5.41, 5.74) is 8.23. The molecule has 1 heterocycles. The van der Waals surface area contributed by atoms with Crippen molar-refractivity contribution in [3.8, 4) is 0 Å². The van der Waals surface area contributed by atoms with Crippen molar-refractivity contribution in [1.82, 2.24) is 0 Å². The van der Waals surface area contributed by atoms with Gasteiger partial charge in [-0.1, -0.05) is 24.3 Å². The number of hydrogen-bond donors (Lipinski definition) is 1. The lowest BCUT2D eigenvalue weighted by molar-refractivity contribution is -0.139. The predicted molar refractivity (Wildman–Crippen MR) is 62.9 cm³/mol. The van der Waals surface area contributed by atoms with E-state index in [1.807, 2.05) is 32.9 Å². The fourth-order valence-corrected chi connectivity index (χ4v) is 2.06. The maximum atomic E-state index is 5.95. The minimum absolute atomic E-state index is 0.00259. The number of nitrogens with two attached hydrogens (primary N) is 1. The van der Waals surface area contributed by atoms with E-state index in [2.05, 4.69) is 12.1 Å². The van der Waals surface area contributed by atoms with Gasteiger partial charge in [0.25, 0.3) is 0 Å². The third-order valence-electron chi connectivity index (χ3n) is 2.84. The summed E-state index contributed by atoms with van der Waals surface area (Å²) in [6.45, 7) is 6.44. The Labute approximate surface area is 96.5 Å². The summed E-state index contributed by atoms with van der Waals surface area (Å²) in [7, 11) is 0. The molecule has 0 radical (unpaired) electrons. The van der Waals surface area contributed by atoms with Gasteiger partial charge in [-0.3, -0.25) is 0 Å². The van der Waals surface area contributed by atoms with E-state index in [1.54, 1.807) is 0 Å². The van der Waals surface area contributed by atoms with E-state index >= 15 is 0 Å². The van der Waals surface area contributed by atoms with Crippen LogP contribution in [0.5, 0.6) is 0 Å². The molecule has 3 heteroatoms. The Bertz CT molecular complexity index is 374. The molecule has 1 saturated heterocycles. The minimum atomic E-state index is -0.490. The third kappa shape index (κ3) is 2.26. The highest BCUT2D eigenvalue weighted by molar-refractivity contribution is 5.32. The molecule has 1 fully saturated rings. The van der Waals surface area contributed by atoms with Crippen LogP contribution in [0, 0.1) is 0 Å². The number of rotatable bonds is 2. The smallest absolute Gasteiger partial charge is 0.163 e. The van der Waals surface area contributed by atoms with Crippen molar-refractivity contribution in [2.24, 2.45) is 5.73 Å². The minimum Gasteiger partial charge on any atom is -0.347 e. The Hall–Kier alpha value is -0.900. The maximum Gasteiger partial charge on any atom is 0.163 e. The van der Waals surface area contributed by atoms with Gasteiger partial charge in [0.15, 0.2) is 5.79 Å². The summed E-state index contributed by atoms with van der Waals surface area (Å²) in [6.07, 6.45) is -0.00259. The summed E-state index contributed by atoms with van der Waals surface area (Å²) in [6, 6.07) is 8.14. The molecule has 1 aliphatic heterocycles. The van der Waals surface area contributed by atoms with Crippen LogP contribution in [0.1, 0.15) is 44.0 Å². The molecule has 16 heavy (non-hydrogen) atoms. The fourth-order valence-electron chi connectivity index (χ4n) is 2.06. The van der Waals surface area contributed by atoms with Crippen molar-refractivity contribution < 1.29 is 9.47 Å². The lowest BCUT2D eigenvalue weighted by atomic mass is 9.98. The van der Waals surface area contributed by atoms with Crippen molar-refractivity contribution in [2.45, 2.75) is 38.7 Å². The summed E-state index contributed by atoms with van der Waals surface area (Å²) < 4.78 is 11.4. The van der Waals surface area contributed by atoms with E-state index in [0.717, 1.165) is 11.1 Å². The summed E-state index contributed by atoms with van der Waals surface area (Å²) in [4.78, 5) is 0. The van der Waals surface area contributed by atoms with Gasteiger partial charge in [0.1, 0.15) is 6.10 Å². The van der Waals surface area contributed by atoms with E-state index in [0.29, 0.717) is 6.61 Å². The van der Waals surface area contributed by atoms with Crippen LogP contribution in [0.4, 0.5) is 0 Å². The first kappa shape index (κ1) is 11.6. The average Bonchev–Trinajstić information content (AvgIpc) is 2.59. The van der Waals surface area contributed by atoms with Gasteiger partial charge in [0.05, 0.1) is 6.61 Å². The van der Waals surface area contributed by atoms with Crippen molar-refractivity contribution in [3.05, 3.63) is 35.4 Å². The molecule has 1 aromatic carbocycles. The SMILES string of the molecule is C[C@H](N)c1ccccc1[C@@H]1COC(C)(C)O1. The molecule has 1 aliphatic rings. The average molecular weight is 221 g/mol. The zero-order valence-corrected chi connectivity index (χ0v) is 10.1. The highest BCUT2D eigenvalue weighted by atomic mass is 16.7. The molecule has 0 saturated carbocycles. The first-order valence-corrected chi connectivity index (χ1v) is 5.66. The molecule has 0 aliphatic carbocycles. The molecule has 2 atom stereocenters. The monoisotopic (exact) mass is 221 g/mol. The second-order valence-electron chi connectivity index (χ2n) is 4.73. The lowest BCUT2D eigenvalue weighted by Crippen LogP contribution is -2.20. The van der Waals surface area contributed by atoms with Gasteiger partial charge in [0.2, 0.25) is 0 Å². The van der Waals surface area contributed by atoms with Crippen LogP contribution in [0.25, 0.3) is 0 Å². The summed E-state index contributed by atoms with van der Waals surface area (Å²) in [5.74, 6) is -0.490. The molecular weight excluding hydrogens is 202 g/mol. The lowest BCUT2D eigenvalue weighted by Gasteiger charge is -2.20. The van der Waals surface area contributed by atoms with Gasteiger partial charge in [-0.15, -0.1) is 0 Å². The van der Waals surface area contributed by atoms with Gasteiger partial charge >= 0.3 is 0 Å². The second-order valence-corrected chi connectivity index (χ2v) is 4.73. The maximum absolute atomic E-state index is 5.95. The van der Waals surface area contributed by atoms with Crippen LogP contribution in [0.3, 0.4) is 0 Å². The molecule has 0 aromatic heterocycles. The molecule has 88 valence electrons. The van der Waals surface area contributed by atoms with Crippen LogP contribution in [-0.4, -0.2) is 12.4 Å². The molecule has 2 rings (SSSR count). The zero-order chi connectivity index (χ0) is 11.8. The Morgan fingerprint density at radius 3 is 2.62 bits per heavy atom. The Morgan fingerprint density at radius 2 is 2.06 bits per heavy atom. The topological polar surface area (TPSA) is 44.5 Å². The van der Waals surface area contributed by atoms with Gasteiger partial charge in [0, 0.05) is 6.04 Å². The molecule has 0 bridgehead atoms. The largest absolute Gasteiger partial charge is 0.347 e. The van der Waals surface area contributed by atoms with Gasteiger partial charge in [-0.05, 0) is 31.9 Å². The van der Waals surface area contributed by atoms with Crippen LogP contribution in [-0.2, 0) is 9.47 Å². The predicted octanol–water partition coefficient (Wildman–Crippen LogP) is 2.53. The van der Waals surface area contributed by atoms with Crippen molar-refractivity contribution in [2.75, 3.05) is 6.61 Å². The third-order valence-corrected chi connectivity index (χ3v) is 2.84. The fraction of sp³-hybridized carbons (Fsp3) is 0.538. The number of benzene rings is 1. The van der Waals surface area contributed by atoms with Gasteiger partial charge in [-0.2, -0.15) is 0 Å². The highest BCUT2D eigenvalue weighted by Gasteiger charge is 2.34. The Kier molecular flexibility index (Phi) is 3.02. The molecule has 0 unspecified atom stereocenters. The van der Waals surface area contributed by atoms with E-state index in [9.17, 15) is 0 Å². The molecule has 2 N–H and O–H groups in total. The number of hydrogen-bond acceptors (Lipinski definition) is 3.